The van der Waals surface area contributed by atoms with Crippen LogP contribution < -0.4 is 16.3 Å². The highest BCUT2D eigenvalue weighted by Crippen LogP contribution is 2.14. The van der Waals surface area contributed by atoms with Crippen molar-refractivity contribution in [3.05, 3.63) is 58.1 Å². The second kappa shape index (κ2) is 9.05. The van der Waals surface area contributed by atoms with Gasteiger partial charge in [-0.15, -0.1) is 0 Å². The third-order valence-electron chi connectivity index (χ3n) is 3.59. The standard InChI is InChI=1S/C19H17F3N4O3/c1-12(2)26-11-14(9-6-10-23-17(28)19(20,21)22)15(25-18(26)29)24-16(27)13-7-4-3-5-8-13/h3-5,7-8,11-12H,10H2,1-2H3,(H,23,28)(H,24,25,27,29). The van der Waals surface area contributed by atoms with Crippen molar-refractivity contribution in [3.63, 3.8) is 0 Å². The zero-order valence-electron chi connectivity index (χ0n) is 15.5. The number of amides is 2. The highest BCUT2D eigenvalue weighted by atomic mass is 19.4. The molecule has 0 aliphatic heterocycles. The van der Waals surface area contributed by atoms with Gasteiger partial charge in [-0.3, -0.25) is 14.2 Å². The fourth-order valence-corrected chi connectivity index (χ4v) is 2.16. The molecule has 1 aromatic heterocycles. The van der Waals surface area contributed by atoms with E-state index in [2.05, 4.69) is 22.1 Å². The molecule has 0 unspecified atom stereocenters. The third-order valence-corrected chi connectivity index (χ3v) is 3.59. The fraction of sp³-hybridized carbons (Fsp3) is 0.263. The molecule has 2 N–H and O–H groups in total. The molecule has 10 heteroatoms. The van der Waals surface area contributed by atoms with Gasteiger partial charge in [0.05, 0.1) is 12.1 Å². The van der Waals surface area contributed by atoms with Crippen LogP contribution in [-0.2, 0) is 4.79 Å². The van der Waals surface area contributed by atoms with E-state index in [1.54, 1.807) is 49.5 Å². The van der Waals surface area contributed by atoms with Gasteiger partial charge in [-0.1, -0.05) is 30.0 Å². The number of nitrogens with one attached hydrogen (secondary N) is 2. The Morgan fingerprint density at radius 2 is 1.86 bits per heavy atom. The van der Waals surface area contributed by atoms with Crippen molar-refractivity contribution >= 4 is 17.6 Å². The van der Waals surface area contributed by atoms with E-state index in [4.69, 9.17) is 0 Å². The van der Waals surface area contributed by atoms with E-state index in [0.717, 1.165) is 0 Å². The van der Waals surface area contributed by atoms with Gasteiger partial charge in [0.15, 0.2) is 5.82 Å². The molecule has 29 heavy (non-hydrogen) atoms. The second-order valence-corrected chi connectivity index (χ2v) is 6.09. The minimum atomic E-state index is -5.01. The van der Waals surface area contributed by atoms with Crippen LogP contribution in [0.3, 0.4) is 0 Å². The number of hydrogen-bond donors (Lipinski definition) is 2. The van der Waals surface area contributed by atoms with E-state index in [0.29, 0.717) is 5.56 Å². The Morgan fingerprint density at radius 1 is 1.21 bits per heavy atom. The van der Waals surface area contributed by atoms with Gasteiger partial charge in [0, 0.05) is 17.8 Å². The van der Waals surface area contributed by atoms with Gasteiger partial charge >= 0.3 is 17.8 Å². The lowest BCUT2D eigenvalue weighted by molar-refractivity contribution is -0.173. The quantitative estimate of drug-likeness (QED) is 0.761. The van der Waals surface area contributed by atoms with Crippen LogP contribution in [0, 0.1) is 11.8 Å². The lowest BCUT2D eigenvalue weighted by atomic mass is 10.2. The maximum absolute atomic E-state index is 12.3. The van der Waals surface area contributed by atoms with Crippen LogP contribution in [0.2, 0.25) is 0 Å². The topological polar surface area (TPSA) is 93.1 Å². The Bertz CT molecular complexity index is 1020. The SMILES string of the molecule is CC(C)n1cc(C#CCNC(=O)C(F)(F)F)c(NC(=O)c2ccccc2)nc1=O. The molecule has 0 bridgehead atoms. The molecule has 0 fully saturated rings. The highest BCUT2D eigenvalue weighted by Gasteiger charge is 2.38. The molecule has 0 aliphatic carbocycles. The predicted molar refractivity (Wildman–Crippen MR) is 99.2 cm³/mol. The second-order valence-electron chi connectivity index (χ2n) is 6.09. The van der Waals surface area contributed by atoms with E-state index in [1.165, 1.54) is 10.8 Å². The van der Waals surface area contributed by atoms with Crippen LogP contribution in [-0.4, -0.2) is 34.1 Å². The van der Waals surface area contributed by atoms with Crippen molar-refractivity contribution < 1.29 is 22.8 Å². The first-order valence-corrected chi connectivity index (χ1v) is 8.43. The van der Waals surface area contributed by atoms with E-state index >= 15 is 0 Å². The third kappa shape index (κ3) is 5.93. The molecule has 0 radical (unpaired) electrons. The molecule has 1 aromatic carbocycles. The Hall–Kier alpha value is -3.61. The summed E-state index contributed by atoms with van der Waals surface area (Å²) in [5.41, 5.74) is -0.193. The number of benzene rings is 1. The molecular weight excluding hydrogens is 389 g/mol. The summed E-state index contributed by atoms with van der Waals surface area (Å²) in [5, 5.41) is 4.09. The molecule has 0 aliphatic rings. The van der Waals surface area contributed by atoms with Crippen LogP contribution in [0.1, 0.15) is 35.8 Å². The summed E-state index contributed by atoms with van der Waals surface area (Å²) < 4.78 is 37.9. The zero-order chi connectivity index (χ0) is 21.6. The van der Waals surface area contributed by atoms with Gasteiger partial charge in [0.2, 0.25) is 0 Å². The molecule has 2 rings (SSSR count). The molecule has 0 saturated carbocycles. The van der Waals surface area contributed by atoms with Crippen LogP contribution in [0.4, 0.5) is 19.0 Å². The van der Waals surface area contributed by atoms with Gasteiger partial charge < -0.3 is 10.6 Å². The number of anilines is 1. The number of aromatic nitrogens is 2. The van der Waals surface area contributed by atoms with Gasteiger partial charge in [0.25, 0.3) is 5.91 Å². The monoisotopic (exact) mass is 406 g/mol. The van der Waals surface area contributed by atoms with Crippen molar-refractivity contribution in [1.82, 2.24) is 14.9 Å². The highest BCUT2D eigenvalue weighted by molar-refractivity contribution is 6.04. The Morgan fingerprint density at radius 3 is 2.45 bits per heavy atom. The van der Waals surface area contributed by atoms with Crippen molar-refractivity contribution in [2.75, 3.05) is 11.9 Å². The average Bonchev–Trinajstić information content (AvgIpc) is 2.65. The zero-order valence-corrected chi connectivity index (χ0v) is 15.5. The first-order chi connectivity index (χ1) is 13.6. The van der Waals surface area contributed by atoms with Crippen LogP contribution in [0.25, 0.3) is 0 Å². The minimum Gasteiger partial charge on any atom is -0.337 e. The summed E-state index contributed by atoms with van der Waals surface area (Å²) in [6, 6.07) is 7.89. The Labute approximate surface area is 164 Å². The maximum atomic E-state index is 12.3. The molecule has 0 spiro atoms. The molecular formula is C19H17F3N4O3. The number of rotatable bonds is 4. The lowest BCUT2D eigenvalue weighted by Gasteiger charge is -2.12. The van der Waals surface area contributed by atoms with E-state index < -0.39 is 30.2 Å². The predicted octanol–water partition coefficient (Wildman–Crippen LogP) is 2.11. The summed E-state index contributed by atoms with van der Waals surface area (Å²) in [4.78, 5) is 39.1. The summed E-state index contributed by atoms with van der Waals surface area (Å²) in [6.07, 6.45) is -3.66. The molecule has 2 amide bonds. The van der Waals surface area contributed by atoms with Crippen LogP contribution >= 0.6 is 0 Å². The minimum absolute atomic E-state index is 0.115. The normalized spacial score (nSPS) is 10.8. The number of alkyl halides is 3. The summed E-state index contributed by atoms with van der Waals surface area (Å²) in [6.45, 7) is 2.88. The number of carbonyl (C=O) groups is 2. The van der Waals surface area contributed by atoms with Crippen molar-refractivity contribution in [1.29, 1.82) is 0 Å². The summed E-state index contributed by atoms with van der Waals surface area (Å²) in [5.74, 6) is 2.11. The first kappa shape index (κ1) is 21.7. The van der Waals surface area contributed by atoms with Gasteiger partial charge in [-0.2, -0.15) is 18.2 Å². The number of halogens is 3. The number of nitrogens with zero attached hydrogens (tertiary/aromatic N) is 2. The number of carbonyl (C=O) groups excluding carboxylic acids is 2. The average molecular weight is 406 g/mol. The first-order valence-electron chi connectivity index (χ1n) is 8.43. The van der Waals surface area contributed by atoms with E-state index in [-0.39, 0.29) is 17.4 Å². The van der Waals surface area contributed by atoms with Crippen molar-refractivity contribution in [3.8, 4) is 11.8 Å². The molecule has 152 valence electrons. The van der Waals surface area contributed by atoms with E-state index in [9.17, 15) is 27.6 Å². The maximum Gasteiger partial charge on any atom is 0.471 e. The summed E-state index contributed by atoms with van der Waals surface area (Å²) in [7, 11) is 0. The molecule has 0 atom stereocenters. The molecule has 1 heterocycles. The van der Waals surface area contributed by atoms with Crippen molar-refractivity contribution in [2.24, 2.45) is 0 Å². The smallest absolute Gasteiger partial charge is 0.337 e. The molecule has 2 aromatic rings. The van der Waals surface area contributed by atoms with E-state index in [1.807, 2.05) is 0 Å². The molecule has 7 nitrogen and oxygen atoms in total. The Balaban J connectivity index is 2.30. The Kier molecular flexibility index (Phi) is 6.77. The number of hydrogen-bond acceptors (Lipinski definition) is 4. The lowest BCUT2D eigenvalue weighted by Crippen LogP contribution is -2.36. The molecule has 0 saturated heterocycles. The summed E-state index contributed by atoms with van der Waals surface area (Å²) >= 11 is 0. The van der Waals surface area contributed by atoms with Crippen molar-refractivity contribution in [2.45, 2.75) is 26.1 Å². The van der Waals surface area contributed by atoms with Crippen LogP contribution in [0.15, 0.2) is 41.3 Å². The van der Waals surface area contributed by atoms with Gasteiger partial charge in [0.1, 0.15) is 0 Å². The van der Waals surface area contributed by atoms with Crippen LogP contribution in [0.5, 0.6) is 0 Å². The fourth-order valence-electron chi connectivity index (χ4n) is 2.16. The van der Waals surface area contributed by atoms with Gasteiger partial charge in [-0.05, 0) is 26.0 Å². The largest absolute Gasteiger partial charge is 0.471 e. The van der Waals surface area contributed by atoms with Gasteiger partial charge in [-0.25, -0.2) is 4.79 Å².